The van der Waals surface area contributed by atoms with E-state index in [1.165, 1.54) is 6.42 Å². The Kier molecular flexibility index (Phi) is 5.88. The normalized spacial score (nSPS) is 27.6. The van der Waals surface area contributed by atoms with Crippen molar-refractivity contribution in [3.05, 3.63) is 0 Å². The van der Waals surface area contributed by atoms with E-state index in [0.717, 1.165) is 25.8 Å². The zero-order valence-electron chi connectivity index (χ0n) is 10.6. The van der Waals surface area contributed by atoms with Gasteiger partial charge in [-0.2, -0.15) is 0 Å². The van der Waals surface area contributed by atoms with E-state index in [-0.39, 0.29) is 36.3 Å². The number of rotatable bonds is 3. The van der Waals surface area contributed by atoms with Crippen LogP contribution in [0.15, 0.2) is 0 Å². The maximum Gasteiger partial charge on any atom is 0.245 e. The Morgan fingerprint density at radius 1 is 1.39 bits per heavy atom. The number of amides is 2. The minimum atomic E-state index is -0.291. The second kappa shape index (κ2) is 6.95. The largest absolute Gasteiger partial charge is 0.344 e. The molecule has 5 nitrogen and oxygen atoms in total. The summed E-state index contributed by atoms with van der Waals surface area (Å²) in [7, 11) is 0. The third kappa shape index (κ3) is 3.36. The van der Waals surface area contributed by atoms with Crippen LogP contribution in [0.1, 0.15) is 38.5 Å². The molecule has 0 aliphatic carbocycles. The van der Waals surface area contributed by atoms with Gasteiger partial charge in [-0.05, 0) is 38.6 Å². The standard InChI is InChI=1S/C12H21N3O2.ClH/c13-7-6-9-3-1-2-8-15(9)12(17)10-4-5-11(16)14-10;/h9-10H,1-8,13H2,(H,14,16);1H. The highest BCUT2D eigenvalue weighted by atomic mass is 35.5. The molecule has 2 heterocycles. The molecule has 18 heavy (non-hydrogen) atoms. The van der Waals surface area contributed by atoms with E-state index in [4.69, 9.17) is 5.73 Å². The molecule has 2 atom stereocenters. The van der Waals surface area contributed by atoms with Gasteiger partial charge in [0.2, 0.25) is 11.8 Å². The number of piperidine rings is 1. The molecule has 2 unspecified atom stereocenters. The van der Waals surface area contributed by atoms with E-state index in [2.05, 4.69) is 5.32 Å². The highest BCUT2D eigenvalue weighted by molar-refractivity contribution is 5.91. The molecule has 0 radical (unpaired) electrons. The fourth-order valence-corrected chi connectivity index (χ4v) is 2.78. The van der Waals surface area contributed by atoms with Crippen LogP contribution in [-0.2, 0) is 9.59 Å². The Balaban J connectivity index is 0.00000162. The molecular weight excluding hydrogens is 254 g/mol. The fourth-order valence-electron chi connectivity index (χ4n) is 2.78. The van der Waals surface area contributed by atoms with E-state index >= 15 is 0 Å². The van der Waals surface area contributed by atoms with E-state index in [1.54, 1.807) is 0 Å². The first-order chi connectivity index (χ1) is 8.22. The molecule has 0 aromatic rings. The van der Waals surface area contributed by atoms with Gasteiger partial charge in [0.25, 0.3) is 0 Å². The molecule has 6 heteroatoms. The zero-order chi connectivity index (χ0) is 12.3. The van der Waals surface area contributed by atoms with Crippen molar-refractivity contribution in [3.8, 4) is 0 Å². The average molecular weight is 276 g/mol. The summed E-state index contributed by atoms with van der Waals surface area (Å²) in [6.45, 7) is 1.43. The Morgan fingerprint density at radius 3 is 2.78 bits per heavy atom. The van der Waals surface area contributed by atoms with Gasteiger partial charge in [0.15, 0.2) is 0 Å². The molecule has 0 aromatic heterocycles. The van der Waals surface area contributed by atoms with Crippen molar-refractivity contribution in [3.63, 3.8) is 0 Å². The first-order valence-electron chi connectivity index (χ1n) is 6.52. The number of nitrogens with one attached hydrogen (secondary N) is 1. The smallest absolute Gasteiger partial charge is 0.245 e. The van der Waals surface area contributed by atoms with E-state index in [9.17, 15) is 9.59 Å². The average Bonchev–Trinajstić information content (AvgIpc) is 2.76. The molecule has 2 aliphatic heterocycles. The lowest BCUT2D eigenvalue weighted by atomic mass is 9.98. The van der Waals surface area contributed by atoms with Crippen molar-refractivity contribution in [2.75, 3.05) is 13.1 Å². The molecule has 2 fully saturated rings. The van der Waals surface area contributed by atoms with E-state index in [1.807, 2.05) is 4.90 Å². The number of nitrogens with zero attached hydrogens (tertiary/aromatic N) is 1. The van der Waals surface area contributed by atoms with Crippen molar-refractivity contribution in [1.82, 2.24) is 10.2 Å². The predicted molar refractivity (Wildman–Crippen MR) is 71.4 cm³/mol. The van der Waals surface area contributed by atoms with Crippen molar-refractivity contribution >= 4 is 24.2 Å². The van der Waals surface area contributed by atoms with Gasteiger partial charge < -0.3 is 16.0 Å². The summed E-state index contributed by atoms with van der Waals surface area (Å²) in [5, 5.41) is 2.75. The molecule has 2 aliphatic rings. The van der Waals surface area contributed by atoms with Crippen molar-refractivity contribution in [1.29, 1.82) is 0 Å². The number of nitrogens with two attached hydrogens (primary N) is 1. The first-order valence-corrected chi connectivity index (χ1v) is 6.52. The minimum Gasteiger partial charge on any atom is -0.344 e. The van der Waals surface area contributed by atoms with Gasteiger partial charge >= 0.3 is 0 Å². The SMILES string of the molecule is Cl.NCCC1CCCCN1C(=O)C1CCC(=O)N1. The Hall–Kier alpha value is -0.810. The van der Waals surface area contributed by atoms with Gasteiger partial charge in [0.05, 0.1) is 0 Å². The van der Waals surface area contributed by atoms with Gasteiger partial charge in [-0.15, -0.1) is 12.4 Å². The lowest BCUT2D eigenvalue weighted by Gasteiger charge is -2.37. The maximum absolute atomic E-state index is 12.3. The summed E-state index contributed by atoms with van der Waals surface area (Å²) >= 11 is 0. The summed E-state index contributed by atoms with van der Waals surface area (Å²) in [6, 6.07) is -0.0142. The number of carbonyl (C=O) groups excluding carboxylic acids is 2. The van der Waals surface area contributed by atoms with Crippen LogP contribution < -0.4 is 11.1 Å². The van der Waals surface area contributed by atoms with E-state index in [0.29, 0.717) is 19.4 Å². The van der Waals surface area contributed by atoms with Gasteiger partial charge in [0.1, 0.15) is 6.04 Å². The first kappa shape index (κ1) is 15.2. The van der Waals surface area contributed by atoms with Crippen molar-refractivity contribution in [2.45, 2.75) is 50.6 Å². The Bertz CT molecular complexity index is 310. The molecular formula is C12H22ClN3O2. The number of likely N-dealkylation sites (tertiary alicyclic amines) is 1. The summed E-state index contributed by atoms with van der Waals surface area (Å²) in [5.74, 6) is 0.0877. The number of halogens is 1. The zero-order valence-corrected chi connectivity index (χ0v) is 11.4. The van der Waals surface area contributed by atoms with Crippen LogP contribution in [0.25, 0.3) is 0 Å². The lowest BCUT2D eigenvalue weighted by molar-refractivity contribution is -0.137. The number of hydrogen-bond acceptors (Lipinski definition) is 3. The Labute approximate surface area is 114 Å². The number of carbonyl (C=O) groups is 2. The molecule has 104 valence electrons. The summed E-state index contributed by atoms with van der Waals surface area (Å²) in [6.07, 6.45) is 5.27. The molecule has 3 N–H and O–H groups in total. The molecule has 0 bridgehead atoms. The highest BCUT2D eigenvalue weighted by Crippen LogP contribution is 2.22. The van der Waals surface area contributed by atoms with Crippen LogP contribution in [0.5, 0.6) is 0 Å². The Morgan fingerprint density at radius 2 is 2.17 bits per heavy atom. The quantitative estimate of drug-likeness (QED) is 0.784. The van der Waals surface area contributed by atoms with Gasteiger partial charge in [-0.1, -0.05) is 0 Å². The van der Waals surface area contributed by atoms with Gasteiger partial charge in [-0.25, -0.2) is 0 Å². The molecule has 2 saturated heterocycles. The fraction of sp³-hybridized carbons (Fsp3) is 0.833. The summed E-state index contributed by atoms with van der Waals surface area (Å²) in [5.41, 5.74) is 5.59. The monoisotopic (exact) mass is 275 g/mol. The highest BCUT2D eigenvalue weighted by Gasteiger charge is 2.34. The van der Waals surface area contributed by atoms with Crippen molar-refractivity contribution in [2.24, 2.45) is 5.73 Å². The third-order valence-corrected chi connectivity index (χ3v) is 3.70. The van der Waals surface area contributed by atoms with Crippen LogP contribution in [-0.4, -0.2) is 41.9 Å². The lowest BCUT2D eigenvalue weighted by Crippen LogP contribution is -2.51. The van der Waals surface area contributed by atoms with E-state index < -0.39 is 0 Å². The summed E-state index contributed by atoms with van der Waals surface area (Å²) in [4.78, 5) is 25.4. The maximum atomic E-state index is 12.3. The molecule has 0 aromatic carbocycles. The third-order valence-electron chi connectivity index (χ3n) is 3.70. The summed E-state index contributed by atoms with van der Waals surface area (Å²) < 4.78 is 0. The van der Waals surface area contributed by atoms with Crippen LogP contribution in [0.2, 0.25) is 0 Å². The van der Waals surface area contributed by atoms with Gasteiger partial charge in [0, 0.05) is 19.0 Å². The van der Waals surface area contributed by atoms with Crippen LogP contribution in [0.3, 0.4) is 0 Å². The molecule has 0 spiro atoms. The minimum absolute atomic E-state index is 0. The van der Waals surface area contributed by atoms with Crippen LogP contribution in [0.4, 0.5) is 0 Å². The molecule has 0 saturated carbocycles. The van der Waals surface area contributed by atoms with Gasteiger partial charge in [-0.3, -0.25) is 9.59 Å². The number of hydrogen-bond donors (Lipinski definition) is 2. The molecule has 2 amide bonds. The topological polar surface area (TPSA) is 75.4 Å². The molecule has 2 rings (SSSR count). The second-order valence-electron chi connectivity index (χ2n) is 4.92. The predicted octanol–water partition coefficient (Wildman–Crippen LogP) is 0.417. The second-order valence-corrected chi connectivity index (χ2v) is 4.92. The van der Waals surface area contributed by atoms with Crippen molar-refractivity contribution < 1.29 is 9.59 Å². The van der Waals surface area contributed by atoms with Crippen LogP contribution in [0, 0.1) is 0 Å². The van der Waals surface area contributed by atoms with Crippen LogP contribution >= 0.6 is 12.4 Å².